The topological polar surface area (TPSA) is 99.6 Å². The fraction of sp³-hybridized carbons (Fsp3) is 0.818. The van der Waals surface area contributed by atoms with Gasteiger partial charge in [-0.1, -0.05) is 54.0 Å². The number of carbonyl (C=O) groups excluding carboxylic acids is 3. The lowest BCUT2D eigenvalue weighted by atomic mass is 9.33. The molecule has 0 radical (unpaired) electrons. The Bertz CT molecular complexity index is 1360. The molecule has 1 amide bonds. The predicted octanol–water partition coefficient (Wildman–Crippen LogP) is 6.10. The molecule has 0 aromatic carbocycles. The molecule has 0 aromatic heterocycles. The van der Waals surface area contributed by atoms with Gasteiger partial charge in [0.15, 0.2) is 11.6 Å². The molecule has 230 valence electrons. The van der Waals surface area contributed by atoms with E-state index >= 15 is 0 Å². The van der Waals surface area contributed by atoms with Crippen LogP contribution in [0.2, 0.25) is 0 Å². The summed E-state index contributed by atoms with van der Waals surface area (Å²) >= 11 is 0. The third kappa shape index (κ3) is 3.45. The molecule has 1 N–H and O–H groups in total. The summed E-state index contributed by atoms with van der Waals surface area (Å²) in [5.74, 6) is -1.86. The average Bonchev–Trinajstić information content (AvgIpc) is 3.64. The molecular weight excluding hydrogens is 545 g/mol. The number of carbonyl (C=O) groups is 3. The summed E-state index contributed by atoms with van der Waals surface area (Å²) in [5.41, 5.74) is -4.28. The number of fused-ring (bicyclic) bond motifs is 9. The molecular formula is C33H43F3N2O4. The van der Waals surface area contributed by atoms with Crippen LogP contribution in [0, 0.1) is 61.6 Å². The highest BCUT2D eigenvalue weighted by atomic mass is 19.4. The van der Waals surface area contributed by atoms with Crippen molar-refractivity contribution >= 4 is 17.5 Å². The normalized spacial score (nSPS) is 48.3. The van der Waals surface area contributed by atoms with Gasteiger partial charge in [0.1, 0.15) is 18.7 Å². The third-order valence-corrected chi connectivity index (χ3v) is 13.6. The first-order chi connectivity index (χ1) is 19.2. The van der Waals surface area contributed by atoms with Crippen LogP contribution in [0.4, 0.5) is 13.2 Å². The van der Waals surface area contributed by atoms with Gasteiger partial charge in [-0.3, -0.25) is 14.4 Å². The molecule has 1 heterocycles. The summed E-state index contributed by atoms with van der Waals surface area (Å²) in [6.45, 7) is 13.1. The van der Waals surface area contributed by atoms with Gasteiger partial charge in [0.25, 0.3) is 0 Å². The number of halogens is 3. The maximum absolute atomic E-state index is 14.5. The van der Waals surface area contributed by atoms with Gasteiger partial charge in [0, 0.05) is 16.7 Å². The Balaban J connectivity index is 1.47. The number of nitrogens with zero attached hydrogens (tertiary/aromatic N) is 1. The molecule has 0 bridgehead atoms. The van der Waals surface area contributed by atoms with E-state index in [0.717, 1.165) is 18.4 Å². The molecule has 0 aromatic rings. The highest BCUT2D eigenvalue weighted by Crippen LogP contribution is 2.77. The summed E-state index contributed by atoms with van der Waals surface area (Å²) in [6, 6.07) is 2.18. The van der Waals surface area contributed by atoms with E-state index in [1.165, 1.54) is 0 Å². The molecule has 9 heteroatoms. The first-order valence-corrected chi connectivity index (χ1v) is 15.4. The lowest BCUT2D eigenvalue weighted by molar-refractivity contribution is -0.183. The standard InChI is InChI=1S/C33H43F3N2O4/c1-26(2)10-12-31(25(41)38-17-33(34,35)36)13-11-29(6)22(18(31)15-26)19(39)14-21-28(29,5)9-8-20-27(3,4)23(40)32(16-37)24(42-32)30(20,21)7/h14,18,20,22,24H,8-13,15,17H2,1-7H3,(H,38,41). The number of rotatable bonds is 2. The molecule has 6 rings (SSSR count). The largest absolute Gasteiger partial charge is 0.405 e. The summed E-state index contributed by atoms with van der Waals surface area (Å²) in [4.78, 5) is 41.8. The van der Waals surface area contributed by atoms with Gasteiger partial charge >= 0.3 is 6.18 Å². The van der Waals surface area contributed by atoms with Crippen LogP contribution in [-0.2, 0) is 19.1 Å². The second-order valence-corrected chi connectivity index (χ2v) is 16.4. The molecule has 6 nitrogen and oxygen atoms in total. The van der Waals surface area contributed by atoms with E-state index in [2.05, 4.69) is 46.0 Å². The van der Waals surface area contributed by atoms with Gasteiger partial charge in [0.2, 0.25) is 11.5 Å². The van der Waals surface area contributed by atoms with E-state index in [1.54, 1.807) is 6.08 Å². The van der Waals surface area contributed by atoms with Crippen LogP contribution in [0.1, 0.15) is 93.4 Å². The molecule has 5 aliphatic carbocycles. The number of alkyl halides is 3. The fourth-order valence-corrected chi connectivity index (χ4v) is 11.2. The van der Waals surface area contributed by atoms with Crippen LogP contribution >= 0.6 is 0 Å². The third-order valence-electron chi connectivity index (χ3n) is 13.6. The van der Waals surface area contributed by atoms with Crippen LogP contribution in [-0.4, -0.2) is 41.9 Å². The molecule has 9 atom stereocenters. The number of ketones is 2. The van der Waals surface area contributed by atoms with Crippen molar-refractivity contribution in [2.45, 2.75) is 111 Å². The predicted molar refractivity (Wildman–Crippen MR) is 147 cm³/mol. The molecule has 9 unspecified atom stereocenters. The van der Waals surface area contributed by atoms with Gasteiger partial charge in [-0.15, -0.1) is 0 Å². The minimum absolute atomic E-state index is 0.0832. The Labute approximate surface area is 246 Å². The van der Waals surface area contributed by atoms with Crippen LogP contribution in [0.25, 0.3) is 0 Å². The quantitative estimate of drug-likeness (QED) is 0.393. The van der Waals surface area contributed by atoms with Crippen LogP contribution in [0.3, 0.4) is 0 Å². The van der Waals surface area contributed by atoms with E-state index in [0.29, 0.717) is 32.1 Å². The summed E-state index contributed by atoms with van der Waals surface area (Å²) in [6.07, 6.45) is 0.788. The van der Waals surface area contributed by atoms with Crippen molar-refractivity contribution in [2.24, 2.45) is 50.2 Å². The van der Waals surface area contributed by atoms with Gasteiger partial charge in [-0.05, 0) is 79.1 Å². The molecule has 0 spiro atoms. The number of nitrogens with one attached hydrogen (secondary N) is 1. The lowest BCUT2D eigenvalue weighted by Crippen LogP contribution is -2.68. The van der Waals surface area contributed by atoms with Crippen molar-refractivity contribution in [2.75, 3.05) is 6.54 Å². The van der Waals surface area contributed by atoms with Crippen molar-refractivity contribution < 1.29 is 32.3 Å². The summed E-state index contributed by atoms with van der Waals surface area (Å²) in [5, 5.41) is 12.3. The van der Waals surface area contributed by atoms with E-state index in [9.17, 15) is 32.8 Å². The number of ether oxygens (including phenoxy) is 1. The summed E-state index contributed by atoms with van der Waals surface area (Å²) < 4.78 is 45.5. The molecule has 5 fully saturated rings. The van der Waals surface area contributed by atoms with Crippen LogP contribution in [0.15, 0.2) is 11.6 Å². The highest BCUT2D eigenvalue weighted by Gasteiger charge is 2.82. The van der Waals surface area contributed by atoms with E-state index < -0.39 is 63.3 Å². The second kappa shape index (κ2) is 8.28. The molecule has 1 aliphatic heterocycles. The van der Waals surface area contributed by atoms with Crippen molar-refractivity contribution in [1.29, 1.82) is 5.26 Å². The Kier molecular flexibility index (Phi) is 5.88. The van der Waals surface area contributed by atoms with Crippen molar-refractivity contribution in [3.63, 3.8) is 0 Å². The number of nitriles is 1. The SMILES string of the molecule is CC1(C)CCC2(C(=O)NCC(F)(F)F)CCC3(C)C(C(=O)C=C4C5(C)C(CCC43C)C(C)(C)C(=O)C3(C#N)OC35)C2C1. The van der Waals surface area contributed by atoms with Crippen molar-refractivity contribution in [3.8, 4) is 6.07 Å². The van der Waals surface area contributed by atoms with Crippen LogP contribution < -0.4 is 5.32 Å². The maximum Gasteiger partial charge on any atom is 0.405 e. The van der Waals surface area contributed by atoms with E-state index in [1.807, 2.05) is 13.8 Å². The van der Waals surface area contributed by atoms with Gasteiger partial charge < -0.3 is 10.1 Å². The minimum Gasteiger partial charge on any atom is -0.346 e. The Morgan fingerprint density at radius 3 is 2.31 bits per heavy atom. The molecule has 6 aliphatic rings. The van der Waals surface area contributed by atoms with Gasteiger partial charge in [0.05, 0.1) is 5.41 Å². The number of Topliss-reactive ketones (excluding diaryl/α,β-unsaturated/α-hetero) is 1. The summed E-state index contributed by atoms with van der Waals surface area (Å²) in [7, 11) is 0. The lowest BCUT2D eigenvalue weighted by Gasteiger charge is -2.69. The number of epoxide rings is 1. The van der Waals surface area contributed by atoms with E-state index in [-0.39, 0.29) is 28.8 Å². The average molecular weight is 589 g/mol. The number of hydrogen-bond acceptors (Lipinski definition) is 5. The molecule has 4 saturated carbocycles. The number of amides is 1. The van der Waals surface area contributed by atoms with Gasteiger partial charge in [-0.25, -0.2) is 0 Å². The van der Waals surface area contributed by atoms with Crippen molar-refractivity contribution in [1.82, 2.24) is 5.32 Å². The highest BCUT2D eigenvalue weighted by molar-refractivity contribution is 6.01. The Morgan fingerprint density at radius 2 is 1.69 bits per heavy atom. The maximum atomic E-state index is 14.5. The zero-order chi connectivity index (χ0) is 31.1. The van der Waals surface area contributed by atoms with Gasteiger partial charge in [-0.2, -0.15) is 18.4 Å². The minimum atomic E-state index is -4.52. The Hall–Kier alpha value is -2.21. The number of hydrogen-bond donors (Lipinski definition) is 1. The van der Waals surface area contributed by atoms with Crippen molar-refractivity contribution in [3.05, 3.63) is 11.6 Å². The molecule has 1 saturated heterocycles. The fourth-order valence-electron chi connectivity index (χ4n) is 11.2. The smallest absolute Gasteiger partial charge is 0.346 e. The van der Waals surface area contributed by atoms with E-state index in [4.69, 9.17) is 4.74 Å². The zero-order valence-corrected chi connectivity index (χ0v) is 25.8. The second-order valence-electron chi connectivity index (χ2n) is 16.4. The molecule has 42 heavy (non-hydrogen) atoms. The van der Waals surface area contributed by atoms with Crippen LogP contribution in [0.5, 0.6) is 0 Å². The number of allylic oxidation sites excluding steroid dienone is 1. The first kappa shape index (κ1) is 29.8. The Morgan fingerprint density at radius 1 is 1.05 bits per heavy atom. The monoisotopic (exact) mass is 588 g/mol. The zero-order valence-electron chi connectivity index (χ0n) is 25.8. The first-order valence-electron chi connectivity index (χ1n) is 15.4.